The molecular formula is C25H17Cl2N3O6. The highest BCUT2D eigenvalue weighted by Crippen LogP contribution is 2.46. The lowest BCUT2D eigenvalue weighted by Crippen LogP contribution is -2.67. The van der Waals surface area contributed by atoms with E-state index in [0.29, 0.717) is 28.6 Å². The summed E-state index contributed by atoms with van der Waals surface area (Å²) in [6.45, 7) is 2.31. The van der Waals surface area contributed by atoms with Gasteiger partial charge in [0, 0.05) is 11.8 Å². The van der Waals surface area contributed by atoms with E-state index in [1.54, 1.807) is 36.4 Å². The van der Waals surface area contributed by atoms with Crippen LogP contribution >= 0.6 is 23.2 Å². The zero-order valence-electron chi connectivity index (χ0n) is 18.7. The molecule has 3 amide bonds. The fourth-order valence-electron chi connectivity index (χ4n) is 4.60. The lowest BCUT2D eigenvalue weighted by molar-refractivity contribution is -0.385. The Hall–Kier alpha value is -3.95. The van der Waals surface area contributed by atoms with Gasteiger partial charge in [0.05, 0.1) is 33.2 Å². The van der Waals surface area contributed by atoms with Gasteiger partial charge in [-0.2, -0.15) is 0 Å². The van der Waals surface area contributed by atoms with E-state index in [2.05, 4.69) is 0 Å². The van der Waals surface area contributed by atoms with Crippen LogP contribution in [0.2, 0.25) is 10.0 Å². The van der Waals surface area contributed by atoms with E-state index in [-0.39, 0.29) is 16.1 Å². The van der Waals surface area contributed by atoms with E-state index in [0.717, 1.165) is 11.0 Å². The molecule has 5 rings (SSSR count). The van der Waals surface area contributed by atoms with Gasteiger partial charge in [-0.1, -0.05) is 41.4 Å². The fraction of sp³-hybridized carbons (Fsp3) is 0.160. The number of fused-ring (bicyclic) bond motifs is 1. The van der Waals surface area contributed by atoms with Crippen molar-refractivity contribution in [2.75, 3.05) is 11.5 Å². The lowest BCUT2D eigenvalue weighted by atomic mass is 9.86. The maximum Gasteiger partial charge on any atom is 0.282 e. The van der Waals surface area contributed by atoms with Crippen molar-refractivity contribution in [2.45, 2.75) is 19.0 Å². The predicted octanol–water partition coefficient (Wildman–Crippen LogP) is 5.05. The molecule has 3 aromatic rings. The van der Waals surface area contributed by atoms with Crippen molar-refractivity contribution in [2.24, 2.45) is 0 Å². The molecular weight excluding hydrogens is 509 g/mol. The van der Waals surface area contributed by atoms with Gasteiger partial charge < -0.3 is 9.64 Å². The lowest BCUT2D eigenvalue weighted by Gasteiger charge is -2.49. The Balaban J connectivity index is 1.59. The Bertz CT molecular complexity index is 1440. The average Bonchev–Trinajstić information content (AvgIpc) is 3.10. The number of rotatable bonds is 6. The van der Waals surface area contributed by atoms with Gasteiger partial charge in [-0.05, 0) is 48.9 Å². The van der Waals surface area contributed by atoms with Crippen molar-refractivity contribution in [1.82, 2.24) is 4.90 Å². The molecule has 0 spiro atoms. The zero-order chi connectivity index (χ0) is 25.7. The highest BCUT2D eigenvalue weighted by atomic mass is 35.5. The molecule has 0 aliphatic carbocycles. The first-order valence-corrected chi connectivity index (χ1v) is 11.7. The van der Waals surface area contributed by atoms with E-state index in [1.807, 2.05) is 6.92 Å². The summed E-state index contributed by atoms with van der Waals surface area (Å²) in [4.78, 5) is 53.1. The third-order valence-electron chi connectivity index (χ3n) is 6.18. The second-order valence-electron chi connectivity index (χ2n) is 8.14. The second-order valence-corrected chi connectivity index (χ2v) is 8.95. The van der Waals surface area contributed by atoms with Crippen LogP contribution in [0.4, 0.5) is 11.4 Å². The number of benzene rings is 3. The number of amides is 3. The highest BCUT2D eigenvalue weighted by Gasteiger charge is 2.58. The van der Waals surface area contributed by atoms with Crippen LogP contribution in [-0.2, 0) is 4.79 Å². The predicted molar refractivity (Wildman–Crippen MR) is 132 cm³/mol. The Morgan fingerprint density at radius 3 is 2.28 bits per heavy atom. The van der Waals surface area contributed by atoms with Gasteiger partial charge in [-0.25, -0.2) is 0 Å². The molecule has 182 valence electrons. The number of nitro benzene ring substituents is 1. The number of imide groups is 1. The van der Waals surface area contributed by atoms with Crippen molar-refractivity contribution >= 4 is 52.3 Å². The van der Waals surface area contributed by atoms with Crippen LogP contribution in [0.25, 0.3) is 0 Å². The largest absolute Gasteiger partial charge is 0.494 e. The number of hydrogen-bond donors (Lipinski definition) is 0. The van der Waals surface area contributed by atoms with E-state index < -0.39 is 40.4 Å². The number of carbonyl (C=O) groups excluding carboxylic acids is 3. The number of hydrogen-bond acceptors (Lipinski definition) is 6. The number of carbonyl (C=O) groups is 3. The summed E-state index contributed by atoms with van der Waals surface area (Å²) < 4.78 is 5.50. The molecule has 1 saturated heterocycles. The molecule has 2 atom stereocenters. The molecule has 2 unspecified atom stereocenters. The topological polar surface area (TPSA) is 110 Å². The van der Waals surface area contributed by atoms with Crippen LogP contribution in [0, 0.1) is 10.1 Å². The molecule has 0 saturated carbocycles. The Kier molecular flexibility index (Phi) is 5.89. The van der Waals surface area contributed by atoms with Gasteiger partial charge in [0.25, 0.3) is 23.4 Å². The third-order valence-corrected chi connectivity index (χ3v) is 6.92. The minimum Gasteiger partial charge on any atom is -0.494 e. The van der Waals surface area contributed by atoms with E-state index in [9.17, 15) is 24.5 Å². The van der Waals surface area contributed by atoms with Gasteiger partial charge in [0.15, 0.2) is 0 Å². The molecule has 0 N–H and O–H groups in total. The van der Waals surface area contributed by atoms with E-state index >= 15 is 0 Å². The maximum atomic E-state index is 13.5. The summed E-state index contributed by atoms with van der Waals surface area (Å²) in [7, 11) is 0. The molecule has 0 aromatic heterocycles. The van der Waals surface area contributed by atoms with Gasteiger partial charge in [-0.3, -0.25) is 29.4 Å². The minimum absolute atomic E-state index is 0.111. The monoisotopic (exact) mass is 525 g/mol. The Labute approximate surface area is 214 Å². The normalized spacial score (nSPS) is 18.8. The van der Waals surface area contributed by atoms with Gasteiger partial charge in [0.2, 0.25) is 0 Å². The zero-order valence-corrected chi connectivity index (χ0v) is 20.2. The Morgan fingerprint density at radius 1 is 0.917 bits per heavy atom. The first kappa shape index (κ1) is 23.8. The maximum absolute atomic E-state index is 13.5. The van der Waals surface area contributed by atoms with Crippen molar-refractivity contribution in [3.05, 3.63) is 97.5 Å². The Morgan fingerprint density at radius 2 is 1.64 bits per heavy atom. The van der Waals surface area contributed by atoms with Crippen LogP contribution in [0.1, 0.15) is 39.2 Å². The van der Waals surface area contributed by atoms with E-state index in [4.69, 9.17) is 27.9 Å². The van der Waals surface area contributed by atoms with Gasteiger partial charge in [0.1, 0.15) is 17.4 Å². The smallest absolute Gasteiger partial charge is 0.282 e. The molecule has 1 fully saturated rings. The van der Waals surface area contributed by atoms with Crippen LogP contribution in [-0.4, -0.2) is 40.2 Å². The summed E-state index contributed by atoms with van der Waals surface area (Å²) in [5.41, 5.74) is 0.130. The fourth-order valence-corrected chi connectivity index (χ4v) is 4.89. The second kappa shape index (κ2) is 8.92. The summed E-state index contributed by atoms with van der Waals surface area (Å²) in [6.07, 6.45) is 0. The van der Waals surface area contributed by atoms with Crippen LogP contribution in [0.15, 0.2) is 60.7 Å². The number of β-lactam (4-membered cyclic amide) rings is 1. The standard InChI is InChI=1S/C25H17Cl2N3O6/c1-2-36-15-9-6-13(7-10-15)21-22(25(33)28(21)14-8-11-17(26)18(27)12-14)29-23(31)16-4-3-5-19(30(34)35)20(16)24(29)32/h3-12,21-22H,2H2,1H3. The molecule has 11 heteroatoms. The van der Waals surface area contributed by atoms with E-state index in [1.165, 1.54) is 23.1 Å². The molecule has 36 heavy (non-hydrogen) atoms. The van der Waals surface area contributed by atoms with Crippen LogP contribution in [0.5, 0.6) is 5.75 Å². The van der Waals surface area contributed by atoms with Crippen molar-refractivity contribution in [3.63, 3.8) is 0 Å². The quantitative estimate of drug-likeness (QED) is 0.192. The van der Waals surface area contributed by atoms with Gasteiger partial charge in [-0.15, -0.1) is 0 Å². The average molecular weight is 526 g/mol. The molecule has 0 radical (unpaired) electrons. The number of nitrogens with zero attached hydrogens (tertiary/aromatic N) is 3. The summed E-state index contributed by atoms with van der Waals surface area (Å²) in [5, 5.41) is 12.0. The van der Waals surface area contributed by atoms with Crippen molar-refractivity contribution in [3.8, 4) is 5.75 Å². The molecule has 2 aliphatic heterocycles. The first-order chi connectivity index (χ1) is 17.2. The number of nitro groups is 1. The number of ether oxygens (including phenoxy) is 1. The first-order valence-electron chi connectivity index (χ1n) is 10.9. The number of anilines is 1. The molecule has 0 bridgehead atoms. The molecule has 2 heterocycles. The third kappa shape index (κ3) is 3.59. The molecule has 2 aliphatic rings. The molecule has 9 nitrogen and oxygen atoms in total. The summed E-state index contributed by atoms with van der Waals surface area (Å²) in [5.74, 6) is -1.57. The highest BCUT2D eigenvalue weighted by molar-refractivity contribution is 6.42. The van der Waals surface area contributed by atoms with Crippen LogP contribution < -0.4 is 9.64 Å². The minimum atomic E-state index is -1.22. The van der Waals surface area contributed by atoms with Crippen molar-refractivity contribution < 1.29 is 24.0 Å². The SMILES string of the molecule is CCOc1ccc(C2C(N3C(=O)c4cccc([N+](=O)[O-])c4C3=O)C(=O)N2c2ccc(Cl)c(Cl)c2)cc1. The number of halogens is 2. The molecule has 3 aromatic carbocycles. The summed E-state index contributed by atoms with van der Waals surface area (Å²) >= 11 is 12.2. The van der Waals surface area contributed by atoms with Crippen LogP contribution in [0.3, 0.4) is 0 Å². The summed E-state index contributed by atoms with van der Waals surface area (Å²) in [6, 6.07) is 13.4. The van der Waals surface area contributed by atoms with Crippen molar-refractivity contribution in [1.29, 1.82) is 0 Å². The van der Waals surface area contributed by atoms with Gasteiger partial charge >= 0.3 is 0 Å².